The summed E-state index contributed by atoms with van der Waals surface area (Å²) in [4.78, 5) is 19.7. The summed E-state index contributed by atoms with van der Waals surface area (Å²) >= 11 is 0. The molecule has 2 aromatic rings. The summed E-state index contributed by atoms with van der Waals surface area (Å²) in [5, 5.41) is 2.47. The number of hydrogen-bond acceptors (Lipinski definition) is 6. The molecule has 7 nitrogen and oxygen atoms in total. The van der Waals surface area contributed by atoms with Crippen LogP contribution in [0.1, 0.15) is 18.9 Å². The van der Waals surface area contributed by atoms with Gasteiger partial charge < -0.3 is 15.2 Å². The van der Waals surface area contributed by atoms with Gasteiger partial charge in [0.15, 0.2) is 0 Å². The second-order valence-electron chi connectivity index (χ2n) is 5.85. The van der Waals surface area contributed by atoms with Crippen molar-refractivity contribution < 1.29 is 23.0 Å². The Hall–Kier alpha value is -3.23. The van der Waals surface area contributed by atoms with Crippen molar-refractivity contribution in [1.29, 1.82) is 0 Å². The normalized spacial score (nSPS) is 19.3. The van der Waals surface area contributed by atoms with E-state index in [2.05, 4.69) is 15.3 Å². The maximum atomic E-state index is 14.3. The summed E-state index contributed by atoms with van der Waals surface area (Å²) in [6, 6.07) is 6.36. The van der Waals surface area contributed by atoms with E-state index in [0.29, 0.717) is 18.7 Å². The largest absolute Gasteiger partial charge is 0.465 e. The van der Waals surface area contributed by atoms with Gasteiger partial charge in [0, 0.05) is 23.7 Å². The number of amidine groups is 1. The van der Waals surface area contributed by atoms with Crippen LogP contribution in [0.15, 0.2) is 41.5 Å². The number of aromatic nitrogens is 1. The fourth-order valence-corrected chi connectivity index (χ4v) is 2.56. The van der Waals surface area contributed by atoms with Gasteiger partial charge in [0.2, 0.25) is 5.88 Å². The number of rotatable bonds is 3. The predicted molar refractivity (Wildman–Crippen MR) is 89.8 cm³/mol. The van der Waals surface area contributed by atoms with Gasteiger partial charge in [-0.05, 0) is 31.2 Å². The zero-order chi connectivity index (χ0) is 18.7. The van der Waals surface area contributed by atoms with E-state index in [1.54, 1.807) is 6.92 Å². The minimum absolute atomic E-state index is 0.0155. The van der Waals surface area contributed by atoms with Crippen molar-refractivity contribution in [1.82, 2.24) is 4.98 Å². The lowest BCUT2D eigenvalue weighted by molar-refractivity contribution is 0.212. The maximum Gasteiger partial charge on any atom is 0.418 e. The van der Waals surface area contributed by atoms with E-state index in [1.165, 1.54) is 24.3 Å². The van der Waals surface area contributed by atoms with Crippen LogP contribution >= 0.6 is 0 Å². The highest BCUT2D eigenvalue weighted by Crippen LogP contribution is 2.35. The van der Waals surface area contributed by atoms with Crippen molar-refractivity contribution in [2.24, 2.45) is 10.7 Å². The number of carbonyl (C=O) groups is 1. The van der Waals surface area contributed by atoms with Crippen molar-refractivity contribution in [3.05, 3.63) is 53.7 Å². The third-order valence-corrected chi connectivity index (χ3v) is 3.89. The summed E-state index contributed by atoms with van der Waals surface area (Å²) < 4.78 is 37.1. The van der Waals surface area contributed by atoms with E-state index in [1.807, 2.05) is 0 Å². The molecule has 0 fully saturated rings. The van der Waals surface area contributed by atoms with Crippen molar-refractivity contribution in [3.8, 4) is 5.88 Å². The van der Waals surface area contributed by atoms with Gasteiger partial charge in [0.05, 0.1) is 18.3 Å². The van der Waals surface area contributed by atoms with Gasteiger partial charge in [-0.2, -0.15) is 0 Å². The summed E-state index contributed by atoms with van der Waals surface area (Å²) in [6.07, 6.45) is 0.507. The van der Waals surface area contributed by atoms with Gasteiger partial charge in [-0.3, -0.25) is 5.32 Å². The topological polar surface area (TPSA) is 98.8 Å². The Labute approximate surface area is 147 Å². The number of ether oxygens (including phenoxy) is 2. The number of anilines is 1. The molecule has 26 heavy (non-hydrogen) atoms. The Bertz CT molecular complexity index is 858. The van der Waals surface area contributed by atoms with Crippen LogP contribution in [0.2, 0.25) is 0 Å². The molecule has 0 bridgehead atoms. The molecule has 3 rings (SSSR count). The molecule has 1 amide bonds. The van der Waals surface area contributed by atoms with Gasteiger partial charge in [0.1, 0.15) is 11.6 Å². The summed E-state index contributed by atoms with van der Waals surface area (Å²) in [5.74, 6) is -1.10. The number of amides is 1. The molecular weight excluding hydrogens is 346 g/mol. The van der Waals surface area contributed by atoms with Gasteiger partial charge >= 0.3 is 6.09 Å². The Balaban J connectivity index is 1.78. The molecule has 0 saturated heterocycles. The monoisotopic (exact) mass is 362 g/mol. The first kappa shape index (κ1) is 17.6. The highest BCUT2D eigenvalue weighted by atomic mass is 19.1. The van der Waals surface area contributed by atoms with Crippen molar-refractivity contribution in [2.75, 3.05) is 11.9 Å². The standard InChI is InChI=1S/C17H16F2N4O3/c1-17(6-7-25-15(20)23-17)12-8-11(3-4-13(12)19)22-16(24)26-14-5-2-10(18)9-21-14/h2-5,8-9H,6-7H2,1H3,(H2,20,23)(H,22,24)/t17-/m0/s1. The molecule has 9 heteroatoms. The van der Waals surface area contributed by atoms with E-state index in [4.69, 9.17) is 15.2 Å². The third-order valence-electron chi connectivity index (χ3n) is 3.89. The molecule has 0 aliphatic carbocycles. The number of nitrogens with zero attached hydrogens (tertiary/aromatic N) is 2. The number of benzene rings is 1. The average Bonchev–Trinajstić information content (AvgIpc) is 2.58. The van der Waals surface area contributed by atoms with Gasteiger partial charge in [-0.15, -0.1) is 0 Å². The highest BCUT2D eigenvalue weighted by molar-refractivity contribution is 5.86. The first-order valence-electron chi connectivity index (χ1n) is 7.74. The second kappa shape index (κ2) is 6.95. The van der Waals surface area contributed by atoms with E-state index < -0.39 is 23.3 Å². The van der Waals surface area contributed by atoms with Crippen LogP contribution in [-0.4, -0.2) is 23.7 Å². The third kappa shape index (κ3) is 3.88. The smallest absolute Gasteiger partial charge is 0.418 e. The fourth-order valence-electron chi connectivity index (χ4n) is 2.56. The summed E-state index contributed by atoms with van der Waals surface area (Å²) in [6.45, 7) is 2.03. The molecule has 1 aromatic carbocycles. The molecule has 1 aromatic heterocycles. The van der Waals surface area contributed by atoms with Crippen LogP contribution in [-0.2, 0) is 10.3 Å². The molecule has 0 spiro atoms. The van der Waals surface area contributed by atoms with E-state index in [0.717, 1.165) is 12.3 Å². The molecule has 1 atom stereocenters. The highest BCUT2D eigenvalue weighted by Gasteiger charge is 2.33. The van der Waals surface area contributed by atoms with Crippen LogP contribution in [0.5, 0.6) is 5.88 Å². The lowest BCUT2D eigenvalue weighted by atomic mass is 9.88. The first-order chi connectivity index (χ1) is 12.4. The number of aliphatic imine (C=N–C) groups is 1. The lowest BCUT2D eigenvalue weighted by Crippen LogP contribution is -2.34. The minimum Gasteiger partial charge on any atom is -0.465 e. The molecule has 136 valence electrons. The second-order valence-corrected chi connectivity index (χ2v) is 5.85. The average molecular weight is 362 g/mol. The van der Waals surface area contributed by atoms with Crippen LogP contribution in [0.3, 0.4) is 0 Å². The maximum absolute atomic E-state index is 14.3. The van der Waals surface area contributed by atoms with E-state index >= 15 is 0 Å². The van der Waals surface area contributed by atoms with E-state index in [-0.39, 0.29) is 17.5 Å². The quantitative estimate of drug-likeness (QED) is 0.875. The van der Waals surface area contributed by atoms with Gasteiger partial charge in [-0.25, -0.2) is 23.6 Å². The Morgan fingerprint density at radius 2 is 2.15 bits per heavy atom. The SMILES string of the molecule is C[C@@]1(c2cc(NC(=O)Oc3ccc(F)cn3)ccc2F)CCOC(N)=N1. The van der Waals surface area contributed by atoms with Crippen LogP contribution in [0.25, 0.3) is 0 Å². The van der Waals surface area contributed by atoms with Crippen LogP contribution in [0.4, 0.5) is 19.3 Å². The van der Waals surface area contributed by atoms with Crippen molar-refractivity contribution in [3.63, 3.8) is 0 Å². The number of nitrogens with one attached hydrogen (secondary N) is 1. The summed E-state index contributed by atoms with van der Waals surface area (Å²) in [5.41, 5.74) is 5.25. The molecule has 0 saturated carbocycles. The zero-order valence-electron chi connectivity index (χ0n) is 13.8. The lowest BCUT2D eigenvalue weighted by Gasteiger charge is -2.30. The Kier molecular flexibility index (Phi) is 4.70. The molecule has 0 radical (unpaired) electrons. The molecular formula is C17H16F2N4O3. The zero-order valence-corrected chi connectivity index (χ0v) is 13.8. The molecule has 3 N–H and O–H groups in total. The number of carbonyl (C=O) groups excluding carboxylic acids is 1. The first-order valence-corrected chi connectivity index (χ1v) is 7.74. The summed E-state index contributed by atoms with van der Waals surface area (Å²) in [7, 11) is 0. The Morgan fingerprint density at radius 3 is 2.85 bits per heavy atom. The Morgan fingerprint density at radius 1 is 1.35 bits per heavy atom. The number of hydrogen-bond donors (Lipinski definition) is 2. The van der Waals surface area contributed by atoms with E-state index in [9.17, 15) is 13.6 Å². The molecule has 2 heterocycles. The van der Waals surface area contributed by atoms with Crippen molar-refractivity contribution >= 4 is 17.8 Å². The van der Waals surface area contributed by atoms with Gasteiger partial charge in [-0.1, -0.05) is 0 Å². The van der Waals surface area contributed by atoms with Crippen LogP contribution < -0.4 is 15.8 Å². The fraction of sp³-hybridized carbons (Fsp3) is 0.235. The molecule has 1 aliphatic heterocycles. The number of nitrogens with two attached hydrogens (primary N) is 1. The number of pyridine rings is 1. The molecule has 1 aliphatic rings. The minimum atomic E-state index is -0.910. The van der Waals surface area contributed by atoms with Crippen LogP contribution in [0, 0.1) is 11.6 Å². The van der Waals surface area contributed by atoms with Crippen molar-refractivity contribution in [2.45, 2.75) is 18.9 Å². The van der Waals surface area contributed by atoms with Gasteiger partial charge in [0.25, 0.3) is 6.02 Å². The molecule has 0 unspecified atom stereocenters. The number of halogens is 2. The predicted octanol–water partition coefficient (Wildman–Crippen LogP) is 2.92.